The van der Waals surface area contributed by atoms with Gasteiger partial charge in [0, 0.05) is 0 Å². The summed E-state index contributed by atoms with van der Waals surface area (Å²) in [6.45, 7) is 0.361. The van der Waals surface area contributed by atoms with Crippen molar-refractivity contribution in [2.24, 2.45) is 5.90 Å². The van der Waals surface area contributed by atoms with Gasteiger partial charge in [-0.05, 0) is 17.7 Å². The molecule has 0 saturated heterocycles. The fourth-order valence-electron chi connectivity index (χ4n) is 0.818. The van der Waals surface area contributed by atoms with Crippen molar-refractivity contribution in [3.8, 4) is 0 Å². The van der Waals surface area contributed by atoms with Crippen LogP contribution in [0, 0.1) is 0 Å². The SMILES string of the molecule is NOCc1ccc(NOO)cc1. The summed E-state index contributed by atoms with van der Waals surface area (Å²) in [5.74, 6) is 4.88. The van der Waals surface area contributed by atoms with E-state index in [2.05, 4.69) is 15.3 Å². The van der Waals surface area contributed by atoms with Gasteiger partial charge in [0.15, 0.2) is 0 Å². The molecule has 0 radical (unpaired) electrons. The van der Waals surface area contributed by atoms with E-state index in [9.17, 15) is 0 Å². The van der Waals surface area contributed by atoms with E-state index in [4.69, 9.17) is 11.2 Å². The van der Waals surface area contributed by atoms with Gasteiger partial charge in [-0.15, -0.1) is 4.99 Å². The van der Waals surface area contributed by atoms with Crippen LogP contribution in [0.1, 0.15) is 5.56 Å². The Hall–Kier alpha value is -1.14. The molecule has 0 heterocycles. The molecule has 0 aliphatic carbocycles. The van der Waals surface area contributed by atoms with Crippen LogP contribution in [0.3, 0.4) is 0 Å². The second-order valence-corrected chi connectivity index (χ2v) is 2.20. The highest BCUT2D eigenvalue weighted by molar-refractivity contribution is 5.42. The van der Waals surface area contributed by atoms with Gasteiger partial charge in [0.2, 0.25) is 0 Å². The minimum absolute atomic E-state index is 0.361. The average molecular weight is 170 g/mol. The summed E-state index contributed by atoms with van der Waals surface area (Å²) in [5, 5.41) is 8.04. The van der Waals surface area contributed by atoms with Crippen LogP contribution in [0.4, 0.5) is 5.69 Å². The van der Waals surface area contributed by atoms with Gasteiger partial charge in [0.1, 0.15) is 0 Å². The lowest BCUT2D eigenvalue weighted by atomic mass is 10.2. The van der Waals surface area contributed by atoms with Crippen LogP contribution in [0.15, 0.2) is 24.3 Å². The Kier molecular flexibility index (Phi) is 3.49. The molecule has 1 aromatic carbocycles. The highest BCUT2D eigenvalue weighted by atomic mass is 17.2. The quantitative estimate of drug-likeness (QED) is 0.462. The maximum absolute atomic E-state index is 8.04. The van der Waals surface area contributed by atoms with E-state index in [1.165, 1.54) is 0 Å². The summed E-state index contributed by atoms with van der Waals surface area (Å²) in [6.07, 6.45) is 0. The molecule has 1 aromatic rings. The molecule has 0 atom stereocenters. The summed E-state index contributed by atoms with van der Waals surface area (Å²) in [5.41, 5.74) is 3.86. The average Bonchev–Trinajstić information content (AvgIpc) is 2.09. The van der Waals surface area contributed by atoms with Crippen LogP contribution >= 0.6 is 0 Å². The molecule has 1 rings (SSSR count). The normalized spacial score (nSPS) is 9.83. The second kappa shape index (κ2) is 4.68. The van der Waals surface area contributed by atoms with Gasteiger partial charge in [-0.3, -0.25) is 4.84 Å². The van der Waals surface area contributed by atoms with E-state index in [1.807, 2.05) is 0 Å². The fraction of sp³-hybridized carbons (Fsp3) is 0.143. The van der Waals surface area contributed by atoms with Crippen molar-refractivity contribution in [3.05, 3.63) is 29.8 Å². The molecule has 5 heteroatoms. The highest BCUT2D eigenvalue weighted by Crippen LogP contribution is 2.09. The number of nitrogens with one attached hydrogen (secondary N) is 1. The second-order valence-electron chi connectivity index (χ2n) is 2.20. The molecule has 0 amide bonds. The number of hydrogen-bond acceptors (Lipinski definition) is 5. The Morgan fingerprint density at radius 3 is 2.50 bits per heavy atom. The minimum Gasteiger partial charge on any atom is -0.300 e. The Balaban J connectivity index is 2.58. The lowest BCUT2D eigenvalue weighted by Crippen LogP contribution is -1.99. The van der Waals surface area contributed by atoms with Crippen LogP contribution in [-0.4, -0.2) is 5.26 Å². The van der Waals surface area contributed by atoms with Gasteiger partial charge < -0.3 is 0 Å². The minimum atomic E-state index is 0.361. The zero-order chi connectivity index (χ0) is 8.81. The van der Waals surface area contributed by atoms with Crippen molar-refractivity contribution in [1.29, 1.82) is 0 Å². The lowest BCUT2D eigenvalue weighted by molar-refractivity contribution is -0.215. The number of benzene rings is 1. The van der Waals surface area contributed by atoms with Crippen LogP contribution in [0.5, 0.6) is 0 Å². The molecular weight excluding hydrogens is 160 g/mol. The summed E-state index contributed by atoms with van der Waals surface area (Å²) in [7, 11) is 0. The first kappa shape index (κ1) is 8.95. The Morgan fingerprint density at radius 2 is 2.00 bits per heavy atom. The van der Waals surface area contributed by atoms with Crippen molar-refractivity contribution < 1.29 is 15.1 Å². The Labute approximate surface area is 69.5 Å². The topological polar surface area (TPSA) is 76.7 Å². The molecule has 66 valence electrons. The monoisotopic (exact) mass is 170 g/mol. The molecule has 0 fully saturated rings. The molecule has 0 aliphatic rings. The van der Waals surface area contributed by atoms with Crippen molar-refractivity contribution in [3.63, 3.8) is 0 Å². The summed E-state index contributed by atoms with van der Waals surface area (Å²) in [6, 6.07) is 7.05. The zero-order valence-electron chi connectivity index (χ0n) is 6.36. The van der Waals surface area contributed by atoms with Gasteiger partial charge in [-0.1, -0.05) is 12.1 Å². The maximum atomic E-state index is 8.04. The standard InChI is InChI=1S/C7H10N2O3/c8-11-5-6-1-3-7(4-2-6)9-12-10/h1-4,9-10H,5,8H2. The van der Waals surface area contributed by atoms with E-state index in [0.29, 0.717) is 12.3 Å². The van der Waals surface area contributed by atoms with Crippen molar-refractivity contribution in [2.45, 2.75) is 6.61 Å². The van der Waals surface area contributed by atoms with Crippen LogP contribution in [0.2, 0.25) is 0 Å². The number of anilines is 1. The van der Waals surface area contributed by atoms with E-state index in [0.717, 1.165) is 5.56 Å². The van der Waals surface area contributed by atoms with Crippen LogP contribution in [0.25, 0.3) is 0 Å². The van der Waals surface area contributed by atoms with Crippen molar-refractivity contribution in [1.82, 2.24) is 0 Å². The van der Waals surface area contributed by atoms with E-state index < -0.39 is 0 Å². The molecule has 5 nitrogen and oxygen atoms in total. The van der Waals surface area contributed by atoms with Gasteiger partial charge in [-0.25, -0.2) is 16.6 Å². The van der Waals surface area contributed by atoms with Crippen molar-refractivity contribution in [2.75, 3.05) is 5.48 Å². The Bertz CT molecular complexity index is 200. The van der Waals surface area contributed by atoms with E-state index in [1.54, 1.807) is 24.3 Å². The first-order valence-electron chi connectivity index (χ1n) is 3.34. The molecule has 0 spiro atoms. The lowest BCUT2D eigenvalue weighted by Gasteiger charge is -2.02. The maximum Gasteiger partial charge on any atom is 0.0930 e. The molecular formula is C7H10N2O3. The molecule has 0 saturated carbocycles. The van der Waals surface area contributed by atoms with E-state index in [-0.39, 0.29) is 0 Å². The number of nitrogens with two attached hydrogens (primary N) is 1. The molecule has 4 N–H and O–H groups in total. The van der Waals surface area contributed by atoms with Gasteiger partial charge in [0.25, 0.3) is 0 Å². The third-order valence-electron chi connectivity index (χ3n) is 1.37. The first-order valence-corrected chi connectivity index (χ1v) is 3.34. The number of rotatable bonds is 4. The molecule has 0 aromatic heterocycles. The molecule has 0 aliphatic heterocycles. The van der Waals surface area contributed by atoms with Crippen LogP contribution < -0.4 is 11.4 Å². The van der Waals surface area contributed by atoms with E-state index >= 15 is 0 Å². The van der Waals surface area contributed by atoms with Gasteiger partial charge in [-0.2, -0.15) is 0 Å². The van der Waals surface area contributed by atoms with Crippen molar-refractivity contribution >= 4 is 5.69 Å². The third kappa shape index (κ3) is 2.48. The molecule has 0 unspecified atom stereocenters. The van der Waals surface area contributed by atoms with Gasteiger partial charge >= 0.3 is 0 Å². The predicted octanol–water partition coefficient (Wildman–Crippen LogP) is 0.893. The zero-order valence-corrected chi connectivity index (χ0v) is 6.36. The summed E-state index contributed by atoms with van der Waals surface area (Å²) >= 11 is 0. The highest BCUT2D eigenvalue weighted by Gasteiger charge is 1.92. The molecule has 12 heavy (non-hydrogen) atoms. The largest absolute Gasteiger partial charge is 0.300 e. The molecule has 0 bridgehead atoms. The Morgan fingerprint density at radius 1 is 1.33 bits per heavy atom. The first-order chi connectivity index (χ1) is 5.86. The third-order valence-corrected chi connectivity index (χ3v) is 1.37. The smallest absolute Gasteiger partial charge is 0.0930 e. The van der Waals surface area contributed by atoms with Crippen LogP contribution in [-0.2, 0) is 16.4 Å². The predicted molar refractivity (Wildman–Crippen MR) is 42.8 cm³/mol. The summed E-state index contributed by atoms with van der Waals surface area (Å²) in [4.78, 5) is 8.15. The fourth-order valence-corrected chi connectivity index (χ4v) is 0.818. The number of hydrogen-bond donors (Lipinski definition) is 3. The summed E-state index contributed by atoms with van der Waals surface area (Å²) < 4.78 is 0. The van der Waals surface area contributed by atoms with Gasteiger partial charge in [0.05, 0.1) is 12.3 Å².